The molecule has 1 atom stereocenters. The molecule has 0 aliphatic carbocycles. The fraction of sp³-hybridized carbons (Fsp3) is 0.125. The van der Waals surface area contributed by atoms with Crippen molar-refractivity contribution >= 4 is 39.1 Å². The van der Waals surface area contributed by atoms with Crippen molar-refractivity contribution in [1.29, 1.82) is 0 Å². The molecule has 1 fully saturated rings. The Labute approximate surface area is 135 Å². The number of imide groups is 1. The van der Waals surface area contributed by atoms with Crippen molar-refractivity contribution in [1.82, 2.24) is 0 Å². The number of amides is 2. The number of carbonyl (C=O) groups is 2. The van der Waals surface area contributed by atoms with Crippen LogP contribution in [0.3, 0.4) is 0 Å². The molecule has 1 aliphatic heterocycles. The molecule has 22 heavy (non-hydrogen) atoms. The number of halogens is 2. The molecule has 0 unspecified atom stereocenters. The van der Waals surface area contributed by atoms with Crippen LogP contribution in [0.5, 0.6) is 0 Å². The zero-order valence-electron chi connectivity index (χ0n) is 11.4. The molecule has 2 amide bonds. The summed E-state index contributed by atoms with van der Waals surface area (Å²) in [4.78, 5) is 25.6. The van der Waals surface area contributed by atoms with Crippen molar-refractivity contribution in [3.05, 3.63) is 58.8 Å². The lowest BCUT2D eigenvalue weighted by Gasteiger charge is -2.16. The van der Waals surface area contributed by atoms with Crippen LogP contribution in [0.4, 0.5) is 15.8 Å². The van der Waals surface area contributed by atoms with Crippen LogP contribution in [0.25, 0.3) is 0 Å². The number of anilines is 2. The largest absolute Gasteiger partial charge is 0.373 e. The van der Waals surface area contributed by atoms with Gasteiger partial charge in [0.15, 0.2) is 0 Å². The second kappa shape index (κ2) is 5.88. The average molecular weight is 363 g/mol. The van der Waals surface area contributed by atoms with Gasteiger partial charge in [0, 0.05) is 10.2 Å². The van der Waals surface area contributed by atoms with Gasteiger partial charge in [-0.15, -0.1) is 0 Å². The van der Waals surface area contributed by atoms with E-state index in [1.807, 2.05) is 24.3 Å². The standard InChI is InChI=1S/C16H12BrFN2O2/c17-10-1-5-12(6-2-10)19-14-9-15(21)20(16(14)22)13-7-3-11(18)4-8-13/h1-8,14,19H,9H2/t14-/m1/s1. The van der Waals surface area contributed by atoms with Gasteiger partial charge in [0.2, 0.25) is 5.91 Å². The van der Waals surface area contributed by atoms with Crippen LogP contribution >= 0.6 is 15.9 Å². The minimum Gasteiger partial charge on any atom is -0.373 e. The van der Waals surface area contributed by atoms with Crippen LogP contribution in [0.1, 0.15) is 6.42 Å². The lowest BCUT2D eigenvalue weighted by Crippen LogP contribution is -2.34. The summed E-state index contributed by atoms with van der Waals surface area (Å²) in [6, 6.07) is 12.0. The maximum absolute atomic E-state index is 13.0. The molecule has 2 aromatic rings. The van der Waals surface area contributed by atoms with E-state index in [1.165, 1.54) is 24.3 Å². The van der Waals surface area contributed by atoms with Gasteiger partial charge < -0.3 is 5.32 Å². The van der Waals surface area contributed by atoms with Gasteiger partial charge >= 0.3 is 0 Å². The number of carbonyl (C=O) groups excluding carboxylic acids is 2. The van der Waals surface area contributed by atoms with E-state index in [0.717, 1.165) is 15.1 Å². The molecule has 2 aromatic carbocycles. The van der Waals surface area contributed by atoms with Gasteiger partial charge in [0.1, 0.15) is 11.9 Å². The van der Waals surface area contributed by atoms with Crippen LogP contribution in [-0.4, -0.2) is 17.9 Å². The lowest BCUT2D eigenvalue weighted by atomic mass is 10.2. The third-order valence-electron chi connectivity index (χ3n) is 3.42. The number of nitrogens with zero attached hydrogens (tertiary/aromatic N) is 1. The third-order valence-corrected chi connectivity index (χ3v) is 3.95. The summed E-state index contributed by atoms with van der Waals surface area (Å²) in [5.74, 6) is -1.04. The Bertz CT molecular complexity index is 716. The average Bonchev–Trinajstić information content (AvgIpc) is 2.77. The smallest absolute Gasteiger partial charge is 0.256 e. The van der Waals surface area contributed by atoms with Gasteiger partial charge in [0.25, 0.3) is 5.91 Å². The first-order valence-electron chi connectivity index (χ1n) is 6.69. The number of benzene rings is 2. The van der Waals surface area contributed by atoms with Gasteiger partial charge in [0.05, 0.1) is 12.1 Å². The van der Waals surface area contributed by atoms with E-state index >= 15 is 0 Å². The highest BCUT2D eigenvalue weighted by molar-refractivity contribution is 9.10. The summed E-state index contributed by atoms with van der Waals surface area (Å²) >= 11 is 3.34. The molecule has 0 spiro atoms. The Morgan fingerprint density at radius 2 is 1.68 bits per heavy atom. The van der Waals surface area contributed by atoms with Crippen molar-refractivity contribution in [3.63, 3.8) is 0 Å². The van der Waals surface area contributed by atoms with Crippen LogP contribution in [0.15, 0.2) is 53.0 Å². The first kappa shape index (κ1) is 14.7. The van der Waals surface area contributed by atoms with E-state index < -0.39 is 11.9 Å². The van der Waals surface area contributed by atoms with Crippen molar-refractivity contribution in [3.8, 4) is 0 Å². The number of nitrogens with one attached hydrogen (secondary N) is 1. The van der Waals surface area contributed by atoms with Crippen molar-refractivity contribution in [2.75, 3.05) is 10.2 Å². The highest BCUT2D eigenvalue weighted by Gasteiger charge is 2.39. The molecule has 112 valence electrons. The lowest BCUT2D eigenvalue weighted by molar-refractivity contribution is -0.121. The number of rotatable bonds is 3. The molecule has 1 saturated heterocycles. The summed E-state index contributed by atoms with van der Waals surface area (Å²) in [6.45, 7) is 0. The highest BCUT2D eigenvalue weighted by atomic mass is 79.9. The van der Waals surface area contributed by atoms with E-state index in [1.54, 1.807) is 0 Å². The maximum Gasteiger partial charge on any atom is 0.256 e. The summed E-state index contributed by atoms with van der Waals surface area (Å²) in [6.07, 6.45) is 0.0757. The third kappa shape index (κ3) is 2.87. The summed E-state index contributed by atoms with van der Waals surface area (Å²) in [7, 11) is 0. The molecule has 0 bridgehead atoms. The molecule has 0 radical (unpaired) electrons. The molecule has 4 nitrogen and oxygen atoms in total. The summed E-state index contributed by atoms with van der Waals surface area (Å²) in [5.41, 5.74) is 1.15. The first-order valence-corrected chi connectivity index (χ1v) is 7.48. The molecule has 0 saturated carbocycles. The molecular formula is C16H12BrFN2O2. The fourth-order valence-corrected chi connectivity index (χ4v) is 2.62. The SMILES string of the molecule is O=C1C[C@@H](Nc2ccc(Br)cc2)C(=O)N1c1ccc(F)cc1. The van der Waals surface area contributed by atoms with Crippen molar-refractivity contribution in [2.24, 2.45) is 0 Å². The van der Waals surface area contributed by atoms with Crippen LogP contribution in [-0.2, 0) is 9.59 Å². The first-order chi connectivity index (χ1) is 10.5. The van der Waals surface area contributed by atoms with Crippen molar-refractivity contribution < 1.29 is 14.0 Å². The normalized spacial score (nSPS) is 17.9. The van der Waals surface area contributed by atoms with Gasteiger partial charge in [-0.25, -0.2) is 9.29 Å². The second-order valence-electron chi connectivity index (χ2n) is 4.95. The van der Waals surface area contributed by atoms with Crippen molar-refractivity contribution in [2.45, 2.75) is 12.5 Å². The van der Waals surface area contributed by atoms with Crippen LogP contribution < -0.4 is 10.2 Å². The predicted molar refractivity (Wildman–Crippen MR) is 85.1 cm³/mol. The monoisotopic (exact) mass is 362 g/mol. The summed E-state index contributed by atoms with van der Waals surface area (Å²) in [5, 5.41) is 3.05. The molecule has 3 rings (SSSR count). The maximum atomic E-state index is 13.0. The molecule has 1 heterocycles. The zero-order valence-corrected chi connectivity index (χ0v) is 13.0. The minimum atomic E-state index is -0.612. The predicted octanol–water partition coefficient (Wildman–Crippen LogP) is 3.33. The molecule has 6 heteroatoms. The highest BCUT2D eigenvalue weighted by Crippen LogP contribution is 2.25. The zero-order chi connectivity index (χ0) is 15.7. The second-order valence-corrected chi connectivity index (χ2v) is 5.87. The van der Waals surface area contributed by atoms with E-state index in [4.69, 9.17) is 0 Å². The molecule has 1 aliphatic rings. The van der Waals surface area contributed by atoms with Gasteiger partial charge in [-0.1, -0.05) is 15.9 Å². The summed E-state index contributed by atoms with van der Waals surface area (Å²) < 4.78 is 13.9. The number of hydrogen-bond donors (Lipinski definition) is 1. The van der Waals surface area contributed by atoms with Crippen LogP contribution in [0.2, 0.25) is 0 Å². The Morgan fingerprint density at radius 1 is 1.05 bits per heavy atom. The molecule has 0 aromatic heterocycles. The van der Waals surface area contributed by atoms with E-state index in [-0.39, 0.29) is 18.2 Å². The van der Waals surface area contributed by atoms with Gasteiger partial charge in [-0.2, -0.15) is 0 Å². The quantitative estimate of drug-likeness (QED) is 0.852. The van der Waals surface area contributed by atoms with E-state index in [9.17, 15) is 14.0 Å². The van der Waals surface area contributed by atoms with Gasteiger partial charge in [-0.3, -0.25) is 9.59 Å². The van der Waals surface area contributed by atoms with E-state index in [0.29, 0.717) is 5.69 Å². The Balaban J connectivity index is 1.79. The Morgan fingerprint density at radius 3 is 2.32 bits per heavy atom. The van der Waals surface area contributed by atoms with E-state index in [2.05, 4.69) is 21.2 Å². The topological polar surface area (TPSA) is 49.4 Å². The molecular weight excluding hydrogens is 351 g/mol. The minimum absolute atomic E-state index is 0.0757. The molecule has 1 N–H and O–H groups in total. The van der Waals surface area contributed by atoms with Gasteiger partial charge in [-0.05, 0) is 48.5 Å². The number of hydrogen-bond acceptors (Lipinski definition) is 3. The Hall–Kier alpha value is -2.21. The Kier molecular flexibility index (Phi) is 3.94. The fourth-order valence-electron chi connectivity index (χ4n) is 2.35. The van der Waals surface area contributed by atoms with Crippen LogP contribution in [0, 0.1) is 5.82 Å².